The van der Waals surface area contributed by atoms with E-state index in [2.05, 4.69) is 0 Å². The van der Waals surface area contributed by atoms with Crippen LogP contribution in [0.15, 0.2) is 0 Å². The number of nitrogens with zero attached hydrogens (tertiary/aromatic N) is 1. The molecule has 3 nitrogen and oxygen atoms in total. The SMILES string of the molecule is CC[C@H](N)C(=O)N1CCC12CCC2.Cl. The van der Waals surface area contributed by atoms with Crippen molar-refractivity contribution in [1.29, 1.82) is 0 Å². The molecule has 14 heavy (non-hydrogen) atoms. The van der Waals surface area contributed by atoms with Crippen molar-refractivity contribution in [2.45, 2.75) is 50.6 Å². The minimum Gasteiger partial charge on any atom is -0.336 e. The number of rotatable bonds is 2. The summed E-state index contributed by atoms with van der Waals surface area (Å²) in [6, 6.07) is -0.266. The number of hydrogen-bond acceptors (Lipinski definition) is 2. The summed E-state index contributed by atoms with van der Waals surface area (Å²) in [6.07, 6.45) is 5.65. The van der Waals surface area contributed by atoms with Crippen molar-refractivity contribution >= 4 is 18.3 Å². The van der Waals surface area contributed by atoms with E-state index in [1.807, 2.05) is 11.8 Å². The van der Waals surface area contributed by atoms with Gasteiger partial charge in [0, 0.05) is 12.1 Å². The highest BCUT2D eigenvalue weighted by molar-refractivity contribution is 5.85. The quantitative estimate of drug-likeness (QED) is 0.760. The average molecular weight is 219 g/mol. The largest absolute Gasteiger partial charge is 0.336 e. The number of amides is 1. The van der Waals surface area contributed by atoms with Crippen LogP contribution in [0.25, 0.3) is 0 Å². The van der Waals surface area contributed by atoms with Gasteiger partial charge in [0.2, 0.25) is 5.91 Å². The predicted octanol–water partition coefficient (Wildman–Crippen LogP) is 1.30. The lowest BCUT2D eigenvalue weighted by atomic mass is 9.67. The van der Waals surface area contributed by atoms with E-state index >= 15 is 0 Å². The minimum absolute atomic E-state index is 0. The predicted molar refractivity (Wildman–Crippen MR) is 58.4 cm³/mol. The Labute approximate surface area is 91.4 Å². The molecule has 0 aromatic heterocycles. The Hall–Kier alpha value is -0.280. The lowest BCUT2D eigenvalue weighted by Gasteiger charge is -2.59. The molecule has 0 unspecified atom stereocenters. The van der Waals surface area contributed by atoms with Crippen LogP contribution in [0.4, 0.5) is 0 Å². The van der Waals surface area contributed by atoms with Crippen LogP contribution in [0.3, 0.4) is 0 Å². The highest BCUT2D eigenvalue weighted by Gasteiger charge is 2.51. The second-order valence-corrected chi connectivity index (χ2v) is 4.33. The van der Waals surface area contributed by atoms with Gasteiger partial charge in [0.25, 0.3) is 0 Å². The molecular weight excluding hydrogens is 200 g/mol. The summed E-state index contributed by atoms with van der Waals surface area (Å²) < 4.78 is 0. The number of halogens is 1. The fraction of sp³-hybridized carbons (Fsp3) is 0.900. The molecular formula is C10H19ClN2O. The molecule has 1 aliphatic carbocycles. The molecule has 1 aliphatic heterocycles. The lowest BCUT2D eigenvalue weighted by molar-refractivity contribution is -0.157. The molecule has 2 rings (SSSR count). The third-order valence-corrected chi connectivity index (χ3v) is 3.68. The van der Waals surface area contributed by atoms with Gasteiger partial charge in [0.15, 0.2) is 0 Å². The minimum atomic E-state index is -0.266. The second-order valence-electron chi connectivity index (χ2n) is 4.33. The summed E-state index contributed by atoms with van der Waals surface area (Å²) in [7, 11) is 0. The van der Waals surface area contributed by atoms with Crippen LogP contribution in [0.2, 0.25) is 0 Å². The normalized spacial score (nSPS) is 24.6. The van der Waals surface area contributed by atoms with E-state index in [0.29, 0.717) is 0 Å². The Bertz CT molecular complexity index is 223. The third kappa shape index (κ3) is 1.52. The number of likely N-dealkylation sites (tertiary alicyclic amines) is 1. The zero-order valence-corrected chi connectivity index (χ0v) is 9.48. The fourth-order valence-corrected chi connectivity index (χ4v) is 2.36. The molecule has 0 aromatic carbocycles. The van der Waals surface area contributed by atoms with Crippen molar-refractivity contribution in [2.24, 2.45) is 5.73 Å². The molecule has 0 bridgehead atoms. The molecule has 1 spiro atoms. The summed E-state index contributed by atoms with van der Waals surface area (Å²) >= 11 is 0. The van der Waals surface area contributed by atoms with Crippen molar-refractivity contribution in [3.05, 3.63) is 0 Å². The van der Waals surface area contributed by atoms with Gasteiger partial charge >= 0.3 is 0 Å². The average Bonchev–Trinajstić information content (AvgIpc) is 1.98. The zero-order chi connectivity index (χ0) is 9.47. The Morgan fingerprint density at radius 3 is 2.43 bits per heavy atom. The van der Waals surface area contributed by atoms with Crippen molar-refractivity contribution in [1.82, 2.24) is 4.90 Å². The van der Waals surface area contributed by atoms with E-state index in [1.165, 1.54) is 25.7 Å². The molecule has 0 radical (unpaired) electrons. The molecule has 1 amide bonds. The van der Waals surface area contributed by atoms with Gasteiger partial charge in [0.1, 0.15) is 0 Å². The molecule has 2 aliphatic rings. The van der Waals surface area contributed by atoms with Crippen LogP contribution >= 0.6 is 12.4 Å². The first-order valence-corrected chi connectivity index (χ1v) is 5.27. The van der Waals surface area contributed by atoms with Crippen molar-refractivity contribution in [2.75, 3.05) is 6.54 Å². The van der Waals surface area contributed by atoms with Crippen LogP contribution in [0, 0.1) is 0 Å². The van der Waals surface area contributed by atoms with E-state index < -0.39 is 0 Å². The van der Waals surface area contributed by atoms with Gasteiger partial charge in [-0.1, -0.05) is 6.92 Å². The molecule has 82 valence electrons. The van der Waals surface area contributed by atoms with E-state index in [0.717, 1.165) is 13.0 Å². The zero-order valence-electron chi connectivity index (χ0n) is 8.66. The maximum atomic E-state index is 11.8. The molecule has 2 fully saturated rings. The van der Waals surface area contributed by atoms with Gasteiger partial charge in [-0.25, -0.2) is 0 Å². The summed E-state index contributed by atoms with van der Waals surface area (Å²) in [5.74, 6) is 0.174. The molecule has 1 saturated heterocycles. The van der Waals surface area contributed by atoms with Gasteiger partial charge in [-0.05, 0) is 32.1 Å². The lowest BCUT2D eigenvalue weighted by Crippen LogP contribution is -2.68. The van der Waals surface area contributed by atoms with Gasteiger partial charge in [-0.3, -0.25) is 4.79 Å². The molecule has 1 atom stereocenters. The first-order valence-electron chi connectivity index (χ1n) is 5.27. The standard InChI is InChI=1S/C10H18N2O.ClH/c1-2-8(11)9(13)12-7-6-10(12)4-3-5-10;/h8H,2-7,11H2,1H3;1H/t8-;/m0./s1. The summed E-state index contributed by atoms with van der Waals surface area (Å²) in [5, 5.41) is 0. The number of carbonyl (C=O) groups is 1. The van der Waals surface area contributed by atoms with Crippen molar-refractivity contribution < 1.29 is 4.79 Å². The van der Waals surface area contributed by atoms with Crippen LogP contribution in [0.5, 0.6) is 0 Å². The van der Waals surface area contributed by atoms with Crippen LogP contribution in [-0.4, -0.2) is 28.9 Å². The van der Waals surface area contributed by atoms with Crippen LogP contribution < -0.4 is 5.73 Å². The van der Waals surface area contributed by atoms with Gasteiger partial charge < -0.3 is 10.6 Å². The first kappa shape index (κ1) is 11.8. The Balaban J connectivity index is 0.000000980. The van der Waals surface area contributed by atoms with Gasteiger partial charge in [-0.2, -0.15) is 0 Å². The van der Waals surface area contributed by atoms with Crippen LogP contribution in [-0.2, 0) is 4.79 Å². The van der Waals surface area contributed by atoms with Crippen molar-refractivity contribution in [3.8, 4) is 0 Å². The smallest absolute Gasteiger partial charge is 0.239 e. The number of carbonyl (C=O) groups excluding carboxylic acids is 1. The molecule has 1 saturated carbocycles. The Kier molecular flexibility index (Phi) is 3.43. The Morgan fingerprint density at radius 1 is 1.50 bits per heavy atom. The van der Waals surface area contributed by atoms with Gasteiger partial charge in [-0.15, -0.1) is 12.4 Å². The summed E-state index contributed by atoms with van der Waals surface area (Å²) in [5.41, 5.74) is 6.00. The summed E-state index contributed by atoms with van der Waals surface area (Å²) in [6.45, 7) is 2.91. The molecule has 0 aromatic rings. The van der Waals surface area contributed by atoms with E-state index in [1.54, 1.807) is 0 Å². The van der Waals surface area contributed by atoms with Crippen molar-refractivity contribution in [3.63, 3.8) is 0 Å². The Morgan fingerprint density at radius 2 is 2.14 bits per heavy atom. The maximum absolute atomic E-state index is 11.8. The molecule has 2 N–H and O–H groups in total. The highest BCUT2D eigenvalue weighted by atomic mass is 35.5. The monoisotopic (exact) mass is 218 g/mol. The molecule has 4 heteroatoms. The van der Waals surface area contributed by atoms with E-state index in [-0.39, 0.29) is 29.9 Å². The topological polar surface area (TPSA) is 46.3 Å². The molecule has 1 heterocycles. The first-order chi connectivity index (χ1) is 6.19. The number of hydrogen-bond donors (Lipinski definition) is 1. The van der Waals surface area contributed by atoms with E-state index in [4.69, 9.17) is 5.73 Å². The third-order valence-electron chi connectivity index (χ3n) is 3.68. The second kappa shape index (κ2) is 4.07. The maximum Gasteiger partial charge on any atom is 0.239 e. The number of nitrogens with two attached hydrogens (primary N) is 1. The van der Waals surface area contributed by atoms with E-state index in [9.17, 15) is 4.79 Å². The van der Waals surface area contributed by atoms with Crippen LogP contribution in [0.1, 0.15) is 39.0 Å². The van der Waals surface area contributed by atoms with Gasteiger partial charge in [0.05, 0.1) is 6.04 Å². The highest BCUT2D eigenvalue weighted by Crippen LogP contribution is 2.47. The summed E-state index contributed by atoms with van der Waals surface area (Å²) in [4.78, 5) is 13.8. The fourth-order valence-electron chi connectivity index (χ4n) is 2.36.